The Balaban J connectivity index is 2.64. The standard InChI is InChI=1S/C10H11F3N2O/c1-5(2)15-6-3-4-7(16)8(6)9(14-15)10(11,12)13/h5H,3-4H2,1-2H3. The van der Waals surface area contributed by atoms with E-state index < -0.39 is 17.7 Å². The van der Waals surface area contributed by atoms with Crippen molar-refractivity contribution in [1.29, 1.82) is 0 Å². The third-order valence-electron chi connectivity index (χ3n) is 2.64. The van der Waals surface area contributed by atoms with Gasteiger partial charge in [0.25, 0.3) is 0 Å². The highest BCUT2D eigenvalue weighted by Gasteiger charge is 2.43. The first-order valence-corrected chi connectivity index (χ1v) is 5.04. The molecule has 0 aromatic carbocycles. The lowest BCUT2D eigenvalue weighted by Crippen LogP contribution is -2.12. The third-order valence-corrected chi connectivity index (χ3v) is 2.64. The van der Waals surface area contributed by atoms with Crippen LogP contribution in [0.15, 0.2) is 0 Å². The van der Waals surface area contributed by atoms with Gasteiger partial charge in [0.1, 0.15) is 0 Å². The summed E-state index contributed by atoms with van der Waals surface area (Å²) in [7, 11) is 0. The Morgan fingerprint density at radius 1 is 1.31 bits per heavy atom. The number of rotatable bonds is 1. The fourth-order valence-corrected chi connectivity index (χ4v) is 1.98. The van der Waals surface area contributed by atoms with Crippen molar-refractivity contribution in [3.63, 3.8) is 0 Å². The van der Waals surface area contributed by atoms with E-state index >= 15 is 0 Å². The summed E-state index contributed by atoms with van der Waals surface area (Å²) in [6.45, 7) is 3.49. The van der Waals surface area contributed by atoms with E-state index in [4.69, 9.17) is 0 Å². The number of Topliss-reactive ketones (excluding diaryl/α,β-unsaturated/α-hetero) is 1. The second kappa shape index (κ2) is 3.33. The van der Waals surface area contributed by atoms with Crippen LogP contribution < -0.4 is 0 Å². The number of nitrogens with zero attached hydrogens (tertiary/aromatic N) is 2. The van der Waals surface area contributed by atoms with Gasteiger partial charge in [0.15, 0.2) is 11.5 Å². The van der Waals surface area contributed by atoms with Gasteiger partial charge in [-0.2, -0.15) is 18.3 Å². The number of hydrogen-bond acceptors (Lipinski definition) is 2. The van der Waals surface area contributed by atoms with Gasteiger partial charge in [0, 0.05) is 12.5 Å². The highest BCUT2D eigenvalue weighted by atomic mass is 19.4. The van der Waals surface area contributed by atoms with Crippen LogP contribution in [0.3, 0.4) is 0 Å². The quantitative estimate of drug-likeness (QED) is 0.746. The van der Waals surface area contributed by atoms with Gasteiger partial charge in [-0.15, -0.1) is 0 Å². The number of alkyl halides is 3. The van der Waals surface area contributed by atoms with Gasteiger partial charge in [-0.1, -0.05) is 0 Å². The molecule has 0 fully saturated rings. The smallest absolute Gasteiger partial charge is 0.294 e. The summed E-state index contributed by atoms with van der Waals surface area (Å²) in [5.74, 6) is -0.450. The van der Waals surface area contributed by atoms with Crippen LogP contribution in [-0.2, 0) is 12.6 Å². The minimum absolute atomic E-state index is 0.156. The van der Waals surface area contributed by atoms with Crippen LogP contribution in [0, 0.1) is 0 Å². The summed E-state index contributed by atoms with van der Waals surface area (Å²) in [6, 6.07) is -0.171. The lowest BCUT2D eigenvalue weighted by Gasteiger charge is -2.08. The number of halogens is 3. The zero-order valence-electron chi connectivity index (χ0n) is 8.93. The molecule has 1 aromatic rings. The molecule has 0 radical (unpaired) electrons. The fraction of sp³-hybridized carbons (Fsp3) is 0.600. The van der Waals surface area contributed by atoms with Crippen LogP contribution in [0.2, 0.25) is 0 Å². The number of carbonyl (C=O) groups is 1. The average molecular weight is 232 g/mol. The molecule has 1 aliphatic rings. The Hall–Kier alpha value is -1.33. The van der Waals surface area contributed by atoms with Crippen molar-refractivity contribution in [2.45, 2.75) is 38.9 Å². The van der Waals surface area contributed by atoms with E-state index in [-0.39, 0.29) is 18.0 Å². The Bertz CT molecular complexity index is 446. The van der Waals surface area contributed by atoms with Crippen LogP contribution in [0.1, 0.15) is 48.1 Å². The lowest BCUT2D eigenvalue weighted by atomic mass is 10.2. The Kier molecular flexibility index (Phi) is 2.32. The van der Waals surface area contributed by atoms with E-state index in [0.717, 1.165) is 0 Å². The van der Waals surface area contributed by atoms with Crippen molar-refractivity contribution in [2.24, 2.45) is 0 Å². The van der Waals surface area contributed by atoms with E-state index in [9.17, 15) is 18.0 Å². The number of ketones is 1. The molecule has 3 nitrogen and oxygen atoms in total. The summed E-state index contributed by atoms with van der Waals surface area (Å²) < 4.78 is 39.3. The zero-order chi connectivity index (χ0) is 12.1. The molecule has 1 aliphatic carbocycles. The van der Waals surface area contributed by atoms with Crippen LogP contribution in [-0.4, -0.2) is 15.6 Å². The molecule has 0 amide bonds. The number of hydrogen-bond donors (Lipinski definition) is 0. The van der Waals surface area contributed by atoms with Crippen LogP contribution in [0.5, 0.6) is 0 Å². The molecule has 0 bridgehead atoms. The Labute approximate surface area is 90.2 Å². The maximum atomic E-state index is 12.7. The van der Waals surface area contributed by atoms with Crippen LogP contribution >= 0.6 is 0 Å². The molecular weight excluding hydrogens is 221 g/mol. The number of carbonyl (C=O) groups excluding carboxylic acids is 1. The van der Waals surface area contributed by atoms with E-state index in [2.05, 4.69) is 5.10 Å². The molecule has 0 saturated heterocycles. The summed E-state index contributed by atoms with van der Waals surface area (Å²) >= 11 is 0. The molecule has 0 atom stereocenters. The summed E-state index contributed by atoms with van der Waals surface area (Å²) in [5.41, 5.74) is -0.827. The molecule has 6 heteroatoms. The van der Waals surface area contributed by atoms with Gasteiger partial charge in [0.05, 0.1) is 11.3 Å². The zero-order valence-corrected chi connectivity index (χ0v) is 8.93. The molecule has 1 heterocycles. The minimum Gasteiger partial charge on any atom is -0.294 e. The van der Waals surface area contributed by atoms with Gasteiger partial charge < -0.3 is 0 Å². The first-order chi connectivity index (χ1) is 7.32. The van der Waals surface area contributed by atoms with Crippen molar-refractivity contribution in [3.8, 4) is 0 Å². The number of fused-ring (bicyclic) bond motifs is 1. The highest BCUT2D eigenvalue weighted by Crippen LogP contribution is 2.37. The molecule has 0 unspecified atom stereocenters. The van der Waals surface area contributed by atoms with Gasteiger partial charge in [0.2, 0.25) is 0 Å². The molecule has 0 N–H and O–H groups in total. The predicted octanol–water partition coefficient (Wildman–Crippen LogP) is 2.61. The van der Waals surface area contributed by atoms with Crippen molar-refractivity contribution < 1.29 is 18.0 Å². The van der Waals surface area contributed by atoms with Crippen LogP contribution in [0.25, 0.3) is 0 Å². The third kappa shape index (κ3) is 1.52. The SMILES string of the molecule is CC(C)n1nc(C(F)(F)F)c2c1CCC2=O. The second-order valence-electron chi connectivity index (χ2n) is 4.13. The average Bonchev–Trinajstić information content (AvgIpc) is 2.65. The predicted molar refractivity (Wildman–Crippen MR) is 50.3 cm³/mol. The van der Waals surface area contributed by atoms with Gasteiger partial charge >= 0.3 is 6.18 Å². The van der Waals surface area contributed by atoms with Crippen molar-refractivity contribution in [1.82, 2.24) is 9.78 Å². The monoisotopic (exact) mass is 232 g/mol. The van der Waals surface area contributed by atoms with Crippen molar-refractivity contribution in [3.05, 3.63) is 17.0 Å². The molecule has 0 spiro atoms. The van der Waals surface area contributed by atoms with Crippen LogP contribution in [0.4, 0.5) is 13.2 Å². The second-order valence-corrected chi connectivity index (χ2v) is 4.13. The van der Waals surface area contributed by atoms with E-state index in [1.807, 2.05) is 0 Å². The topological polar surface area (TPSA) is 34.9 Å². The molecule has 1 aromatic heterocycles. The largest absolute Gasteiger partial charge is 0.435 e. The maximum absolute atomic E-state index is 12.7. The molecule has 16 heavy (non-hydrogen) atoms. The molecular formula is C10H11F3N2O. The van der Waals surface area contributed by atoms with Crippen molar-refractivity contribution in [2.75, 3.05) is 0 Å². The van der Waals surface area contributed by atoms with E-state index in [1.165, 1.54) is 4.68 Å². The Morgan fingerprint density at radius 3 is 2.44 bits per heavy atom. The maximum Gasteiger partial charge on any atom is 0.435 e. The highest BCUT2D eigenvalue weighted by molar-refractivity contribution is 6.01. The van der Waals surface area contributed by atoms with E-state index in [0.29, 0.717) is 12.1 Å². The molecule has 2 rings (SSSR count). The van der Waals surface area contributed by atoms with E-state index in [1.54, 1.807) is 13.8 Å². The number of aromatic nitrogens is 2. The first-order valence-electron chi connectivity index (χ1n) is 5.04. The minimum atomic E-state index is -4.55. The van der Waals surface area contributed by atoms with Gasteiger partial charge in [-0.3, -0.25) is 9.48 Å². The fourth-order valence-electron chi connectivity index (χ4n) is 1.98. The first kappa shape index (κ1) is 11.2. The van der Waals surface area contributed by atoms with Crippen molar-refractivity contribution >= 4 is 5.78 Å². The van der Waals surface area contributed by atoms with Gasteiger partial charge in [-0.25, -0.2) is 0 Å². The normalized spacial score (nSPS) is 16.0. The summed E-state index contributed by atoms with van der Waals surface area (Å²) in [5, 5.41) is 3.52. The van der Waals surface area contributed by atoms with Gasteiger partial charge in [-0.05, 0) is 20.3 Å². The lowest BCUT2D eigenvalue weighted by molar-refractivity contribution is -0.141. The molecule has 88 valence electrons. The molecule has 0 aliphatic heterocycles. The molecule has 0 saturated carbocycles. The summed E-state index contributed by atoms with van der Waals surface area (Å²) in [6.07, 6.45) is -4.04. The Morgan fingerprint density at radius 2 is 1.94 bits per heavy atom. The summed E-state index contributed by atoms with van der Waals surface area (Å²) in [4.78, 5) is 11.4.